The number of alkyl halides is 3. The third kappa shape index (κ3) is 3.63. The van der Waals surface area contributed by atoms with Crippen molar-refractivity contribution >= 4 is 28.5 Å². The summed E-state index contributed by atoms with van der Waals surface area (Å²) in [6, 6.07) is 9.23. The highest BCUT2D eigenvalue weighted by Gasteiger charge is 2.38. The van der Waals surface area contributed by atoms with Crippen molar-refractivity contribution in [2.45, 2.75) is 12.3 Å². The number of aromatic nitrogens is 1. The molecular weight excluding hydrogens is 436 g/mol. The van der Waals surface area contributed by atoms with Crippen LogP contribution in [0, 0.1) is 3.57 Å². The van der Waals surface area contributed by atoms with E-state index in [1.54, 1.807) is 12.1 Å². The van der Waals surface area contributed by atoms with Gasteiger partial charge in [-0.2, -0.15) is 13.2 Å². The number of likely N-dealkylation sites (tertiary alicyclic amines) is 1. The normalized spacial score (nSPS) is 15.1. The molecule has 0 radical (unpaired) electrons. The van der Waals surface area contributed by atoms with Crippen LogP contribution in [0.25, 0.3) is 0 Å². The SMILES string of the molecule is O=C(c1ccc(I)cc1)N1CC(Oc2ncccc2C(F)(F)F)C1. The van der Waals surface area contributed by atoms with Crippen LogP contribution in [0.2, 0.25) is 0 Å². The van der Waals surface area contributed by atoms with Gasteiger partial charge in [-0.15, -0.1) is 0 Å². The molecule has 1 aliphatic heterocycles. The van der Waals surface area contributed by atoms with E-state index in [9.17, 15) is 18.0 Å². The minimum absolute atomic E-state index is 0.164. The number of amides is 1. The molecule has 2 aromatic rings. The first-order valence-electron chi connectivity index (χ1n) is 7.08. The average Bonchev–Trinajstić information content (AvgIpc) is 2.50. The van der Waals surface area contributed by atoms with Crippen LogP contribution in [-0.2, 0) is 6.18 Å². The van der Waals surface area contributed by atoms with E-state index in [4.69, 9.17) is 4.74 Å². The standard InChI is InChI=1S/C16H12F3IN2O2/c17-16(18,19)13-2-1-7-21-14(13)24-12-8-22(9-12)15(23)10-3-5-11(20)6-4-10/h1-7,12H,8-9H2. The third-order valence-electron chi connectivity index (χ3n) is 3.58. The molecule has 1 aromatic carbocycles. The van der Waals surface area contributed by atoms with Gasteiger partial charge in [-0.05, 0) is 59.0 Å². The maximum atomic E-state index is 12.9. The molecule has 1 amide bonds. The summed E-state index contributed by atoms with van der Waals surface area (Å²) in [6.07, 6.45) is -3.77. The van der Waals surface area contributed by atoms with Crippen molar-refractivity contribution in [1.29, 1.82) is 0 Å². The Morgan fingerprint density at radius 1 is 1.21 bits per heavy atom. The highest BCUT2D eigenvalue weighted by atomic mass is 127. The molecule has 0 atom stereocenters. The van der Waals surface area contributed by atoms with Gasteiger partial charge in [0.2, 0.25) is 5.88 Å². The molecule has 8 heteroatoms. The molecule has 0 unspecified atom stereocenters. The van der Waals surface area contributed by atoms with Gasteiger partial charge in [0, 0.05) is 15.3 Å². The summed E-state index contributed by atoms with van der Waals surface area (Å²) < 4.78 is 45.0. The summed E-state index contributed by atoms with van der Waals surface area (Å²) >= 11 is 2.14. The van der Waals surface area contributed by atoms with E-state index in [-0.39, 0.29) is 19.0 Å². The molecule has 3 rings (SSSR count). The summed E-state index contributed by atoms with van der Waals surface area (Å²) in [5, 5.41) is 0. The monoisotopic (exact) mass is 448 g/mol. The summed E-state index contributed by atoms with van der Waals surface area (Å²) in [4.78, 5) is 17.4. The van der Waals surface area contributed by atoms with Gasteiger partial charge in [0.05, 0.1) is 13.1 Å². The molecule has 0 saturated carbocycles. The van der Waals surface area contributed by atoms with Crippen molar-refractivity contribution in [1.82, 2.24) is 9.88 Å². The number of carbonyl (C=O) groups is 1. The summed E-state index contributed by atoms with van der Waals surface area (Å²) in [5.41, 5.74) is -0.366. The fourth-order valence-electron chi connectivity index (χ4n) is 2.31. The molecule has 2 heterocycles. The van der Waals surface area contributed by atoms with Crippen molar-refractivity contribution in [3.8, 4) is 5.88 Å². The maximum Gasteiger partial charge on any atom is 0.421 e. The van der Waals surface area contributed by atoms with E-state index in [0.717, 1.165) is 9.64 Å². The van der Waals surface area contributed by atoms with Gasteiger partial charge in [0.1, 0.15) is 11.7 Å². The van der Waals surface area contributed by atoms with Crippen molar-refractivity contribution in [3.05, 3.63) is 57.3 Å². The van der Waals surface area contributed by atoms with Crippen LogP contribution in [0.1, 0.15) is 15.9 Å². The zero-order valence-electron chi connectivity index (χ0n) is 12.3. The van der Waals surface area contributed by atoms with Crippen molar-refractivity contribution < 1.29 is 22.7 Å². The Balaban J connectivity index is 1.62. The van der Waals surface area contributed by atoms with Crippen LogP contribution >= 0.6 is 22.6 Å². The second kappa shape index (κ2) is 6.58. The Morgan fingerprint density at radius 2 is 1.88 bits per heavy atom. The molecule has 0 aliphatic carbocycles. The topological polar surface area (TPSA) is 42.4 Å². The summed E-state index contributed by atoms with van der Waals surface area (Å²) in [6.45, 7) is 0.470. The molecule has 1 aliphatic rings. The third-order valence-corrected chi connectivity index (χ3v) is 4.30. The minimum Gasteiger partial charge on any atom is -0.470 e. The van der Waals surface area contributed by atoms with Crippen LogP contribution in [0.4, 0.5) is 13.2 Å². The van der Waals surface area contributed by atoms with Gasteiger partial charge in [-0.1, -0.05) is 0 Å². The smallest absolute Gasteiger partial charge is 0.421 e. The van der Waals surface area contributed by atoms with E-state index in [0.29, 0.717) is 5.56 Å². The number of hydrogen-bond donors (Lipinski definition) is 0. The van der Waals surface area contributed by atoms with Gasteiger partial charge >= 0.3 is 6.18 Å². The second-order valence-corrected chi connectivity index (χ2v) is 6.56. The first-order chi connectivity index (χ1) is 11.3. The zero-order valence-corrected chi connectivity index (χ0v) is 14.4. The predicted octanol–water partition coefficient (Wildman–Crippen LogP) is 3.61. The molecule has 1 aromatic heterocycles. The first kappa shape index (κ1) is 17.0. The number of pyridine rings is 1. The fourth-order valence-corrected chi connectivity index (χ4v) is 2.67. The van der Waals surface area contributed by atoms with Crippen molar-refractivity contribution in [2.75, 3.05) is 13.1 Å². The maximum absolute atomic E-state index is 12.9. The van der Waals surface area contributed by atoms with Gasteiger partial charge in [0.25, 0.3) is 5.91 Å². The van der Waals surface area contributed by atoms with Crippen LogP contribution in [0.3, 0.4) is 0 Å². The van der Waals surface area contributed by atoms with E-state index < -0.39 is 23.7 Å². The fraction of sp³-hybridized carbons (Fsp3) is 0.250. The van der Waals surface area contributed by atoms with Gasteiger partial charge < -0.3 is 9.64 Å². The number of carbonyl (C=O) groups excluding carboxylic acids is 1. The lowest BCUT2D eigenvalue weighted by atomic mass is 10.1. The van der Waals surface area contributed by atoms with Crippen LogP contribution < -0.4 is 4.74 Å². The molecule has 126 valence electrons. The highest BCUT2D eigenvalue weighted by Crippen LogP contribution is 2.35. The lowest BCUT2D eigenvalue weighted by molar-refractivity contribution is -0.140. The Kier molecular flexibility index (Phi) is 4.66. The molecule has 1 fully saturated rings. The number of nitrogens with zero attached hydrogens (tertiary/aromatic N) is 2. The Labute approximate surface area is 149 Å². The number of hydrogen-bond acceptors (Lipinski definition) is 3. The predicted molar refractivity (Wildman–Crippen MR) is 88.7 cm³/mol. The summed E-state index contributed by atoms with van der Waals surface area (Å²) in [5.74, 6) is -0.611. The molecule has 0 N–H and O–H groups in total. The Bertz CT molecular complexity index is 744. The Morgan fingerprint density at radius 3 is 2.50 bits per heavy atom. The van der Waals surface area contributed by atoms with E-state index in [1.807, 2.05) is 12.1 Å². The van der Waals surface area contributed by atoms with Crippen LogP contribution in [0.5, 0.6) is 5.88 Å². The molecule has 0 bridgehead atoms. The van der Waals surface area contributed by atoms with Crippen molar-refractivity contribution in [3.63, 3.8) is 0 Å². The van der Waals surface area contributed by atoms with E-state index in [2.05, 4.69) is 27.6 Å². The molecular formula is C16H12F3IN2O2. The minimum atomic E-state index is -4.52. The van der Waals surface area contributed by atoms with E-state index in [1.165, 1.54) is 17.2 Å². The average molecular weight is 448 g/mol. The van der Waals surface area contributed by atoms with Gasteiger partial charge in [-0.25, -0.2) is 4.98 Å². The molecule has 0 spiro atoms. The number of ether oxygens (including phenoxy) is 1. The van der Waals surface area contributed by atoms with Crippen molar-refractivity contribution in [2.24, 2.45) is 0 Å². The van der Waals surface area contributed by atoms with Crippen LogP contribution in [-0.4, -0.2) is 35.0 Å². The number of halogens is 4. The summed E-state index contributed by atoms with van der Waals surface area (Å²) in [7, 11) is 0. The lowest BCUT2D eigenvalue weighted by Gasteiger charge is -2.39. The molecule has 24 heavy (non-hydrogen) atoms. The van der Waals surface area contributed by atoms with Crippen LogP contribution in [0.15, 0.2) is 42.6 Å². The lowest BCUT2D eigenvalue weighted by Crippen LogP contribution is -2.56. The largest absolute Gasteiger partial charge is 0.470 e. The van der Waals surface area contributed by atoms with Gasteiger partial charge in [0.15, 0.2) is 0 Å². The van der Waals surface area contributed by atoms with Gasteiger partial charge in [-0.3, -0.25) is 4.79 Å². The zero-order chi connectivity index (χ0) is 17.3. The first-order valence-corrected chi connectivity index (χ1v) is 8.16. The molecule has 1 saturated heterocycles. The molecule has 4 nitrogen and oxygen atoms in total. The number of rotatable bonds is 3. The quantitative estimate of drug-likeness (QED) is 0.675. The Hall–Kier alpha value is -1.84. The second-order valence-electron chi connectivity index (χ2n) is 5.31. The number of benzene rings is 1. The van der Waals surface area contributed by atoms with E-state index >= 15 is 0 Å². The highest BCUT2D eigenvalue weighted by molar-refractivity contribution is 14.1.